The SMILES string of the molecule is COCC(C)Cc1nc(C(C)N)no1. The maximum atomic E-state index is 5.61. The molecule has 2 N–H and O–H groups in total. The minimum atomic E-state index is -0.176. The van der Waals surface area contributed by atoms with E-state index >= 15 is 0 Å². The first-order valence-electron chi connectivity index (χ1n) is 4.70. The first-order chi connectivity index (χ1) is 6.63. The lowest BCUT2D eigenvalue weighted by Crippen LogP contribution is -2.09. The molecule has 5 nitrogen and oxygen atoms in total. The van der Waals surface area contributed by atoms with Crippen LogP contribution >= 0.6 is 0 Å². The third-order valence-corrected chi connectivity index (χ3v) is 1.87. The lowest BCUT2D eigenvalue weighted by atomic mass is 10.1. The summed E-state index contributed by atoms with van der Waals surface area (Å²) < 4.78 is 10.1. The van der Waals surface area contributed by atoms with Gasteiger partial charge in [0.1, 0.15) is 0 Å². The Balaban J connectivity index is 2.51. The maximum absolute atomic E-state index is 5.61. The fourth-order valence-electron chi connectivity index (χ4n) is 1.18. The Hall–Kier alpha value is -0.940. The molecule has 2 atom stereocenters. The van der Waals surface area contributed by atoms with E-state index < -0.39 is 0 Å². The second-order valence-corrected chi connectivity index (χ2v) is 3.60. The van der Waals surface area contributed by atoms with E-state index in [9.17, 15) is 0 Å². The highest BCUT2D eigenvalue weighted by Crippen LogP contribution is 2.09. The molecular formula is C9H17N3O2. The van der Waals surface area contributed by atoms with Crippen LogP contribution in [0.2, 0.25) is 0 Å². The molecule has 1 heterocycles. The number of hydrogen-bond acceptors (Lipinski definition) is 5. The van der Waals surface area contributed by atoms with Gasteiger partial charge in [-0.15, -0.1) is 0 Å². The predicted octanol–water partition coefficient (Wildman–Crippen LogP) is 0.914. The summed E-state index contributed by atoms with van der Waals surface area (Å²) in [5, 5.41) is 3.78. The molecule has 0 saturated heterocycles. The van der Waals surface area contributed by atoms with Gasteiger partial charge in [0, 0.05) is 20.1 Å². The zero-order valence-corrected chi connectivity index (χ0v) is 8.86. The highest BCUT2D eigenvalue weighted by molar-refractivity contribution is 4.91. The van der Waals surface area contributed by atoms with Gasteiger partial charge in [-0.05, 0) is 12.8 Å². The van der Waals surface area contributed by atoms with E-state index in [1.165, 1.54) is 0 Å². The Labute approximate surface area is 83.6 Å². The monoisotopic (exact) mass is 199 g/mol. The molecule has 5 heteroatoms. The number of methoxy groups -OCH3 is 1. The molecule has 0 bridgehead atoms. The first kappa shape index (κ1) is 11.1. The van der Waals surface area contributed by atoms with Crippen molar-refractivity contribution in [2.24, 2.45) is 11.7 Å². The predicted molar refractivity (Wildman–Crippen MR) is 51.6 cm³/mol. The van der Waals surface area contributed by atoms with E-state index in [1.54, 1.807) is 7.11 Å². The van der Waals surface area contributed by atoms with Crippen LogP contribution in [0.1, 0.15) is 31.6 Å². The summed E-state index contributed by atoms with van der Waals surface area (Å²) in [5.41, 5.74) is 5.61. The maximum Gasteiger partial charge on any atom is 0.227 e. The quantitative estimate of drug-likeness (QED) is 0.763. The normalized spacial score (nSPS) is 15.4. The Morgan fingerprint density at radius 3 is 2.71 bits per heavy atom. The van der Waals surface area contributed by atoms with Gasteiger partial charge in [-0.1, -0.05) is 12.1 Å². The largest absolute Gasteiger partial charge is 0.384 e. The van der Waals surface area contributed by atoms with Crippen molar-refractivity contribution in [3.63, 3.8) is 0 Å². The van der Waals surface area contributed by atoms with Gasteiger partial charge >= 0.3 is 0 Å². The van der Waals surface area contributed by atoms with Gasteiger partial charge in [0.2, 0.25) is 5.89 Å². The molecule has 14 heavy (non-hydrogen) atoms. The minimum Gasteiger partial charge on any atom is -0.384 e. The van der Waals surface area contributed by atoms with Gasteiger partial charge in [-0.25, -0.2) is 0 Å². The van der Waals surface area contributed by atoms with E-state index in [2.05, 4.69) is 17.1 Å². The third-order valence-electron chi connectivity index (χ3n) is 1.87. The van der Waals surface area contributed by atoms with Crippen molar-refractivity contribution in [2.45, 2.75) is 26.3 Å². The molecule has 1 rings (SSSR count). The second-order valence-electron chi connectivity index (χ2n) is 3.60. The molecule has 0 aliphatic heterocycles. The average Bonchev–Trinajstić information content (AvgIpc) is 2.53. The zero-order chi connectivity index (χ0) is 10.6. The molecule has 1 aromatic rings. The molecule has 0 fully saturated rings. The lowest BCUT2D eigenvalue weighted by Gasteiger charge is -2.05. The summed E-state index contributed by atoms with van der Waals surface area (Å²) in [5.74, 6) is 1.56. The van der Waals surface area contributed by atoms with Crippen molar-refractivity contribution < 1.29 is 9.26 Å². The zero-order valence-electron chi connectivity index (χ0n) is 8.86. The molecule has 0 aliphatic rings. The summed E-state index contributed by atoms with van der Waals surface area (Å²) in [7, 11) is 1.68. The smallest absolute Gasteiger partial charge is 0.227 e. The van der Waals surface area contributed by atoms with Crippen LogP contribution in [-0.4, -0.2) is 23.9 Å². The van der Waals surface area contributed by atoms with E-state index in [4.69, 9.17) is 15.0 Å². The molecule has 80 valence electrons. The molecule has 0 aliphatic carbocycles. The molecule has 0 amide bonds. The minimum absolute atomic E-state index is 0.176. The fraction of sp³-hybridized carbons (Fsp3) is 0.778. The summed E-state index contributed by atoms with van der Waals surface area (Å²) in [6, 6.07) is -0.176. The molecule has 0 spiro atoms. The van der Waals surface area contributed by atoms with Crippen LogP contribution < -0.4 is 5.73 Å². The van der Waals surface area contributed by atoms with Gasteiger partial charge in [-0.3, -0.25) is 0 Å². The van der Waals surface area contributed by atoms with Crippen molar-refractivity contribution in [1.29, 1.82) is 0 Å². The highest BCUT2D eigenvalue weighted by Gasteiger charge is 2.12. The Morgan fingerprint density at radius 1 is 1.50 bits per heavy atom. The molecule has 0 aromatic carbocycles. The highest BCUT2D eigenvalue weighted by atomic mass is 16.5. The molecule has 1 aromatic heterocycles. The molecule has 2 unspecified atom stereocenters. The molecule has 0 saturated carbocycles. The van der Waals surface area contributed by atoms with Crippen LogP contribution in [0, 0.1) is 5.92 Å². The van der Waals surface area contributed by atoms with E-state index in [0.29, 0.717) is 24.2 Å². The van der Waals surface area contributed by atoms with Crippen molar-refractivity contribution >= 4 is 0 Å². The third kappa shape index (κ3) is 3.08. The summed E-state index contributed by atoms with van der Waals surface area (Å²) in [4.78, 5) is 4.17. The number of nitrogens with two attached hydrogens (primary N) is 1. The van der Waals surface area contributed by atoms with E-state index in [0.717, 1.165) is 6.42 Å². The number of rotatable bonds is 5. The van der Waals surface area contributed by atoms with Crippen LogP contribution in [0.4, 0.5) is 0 Å². The summed E-state index contributed by atoms with van der Waals surface area (Å²) in [6.07, 6.45) is 0.730. The Morgan fingerprint density at radius 2 is 2.21 bits per heavy atom. The van der Waals surface area contributed by atoms with Gasteiger partial charge in [0.05, 0.1) is 6.04 Å². The van der Waals surface area contributed by atoms with Gasteiger partial charge in [0.15, 0.2) is 5.82 Å². The topological polar surface area (TPSA) is 74.2 Å². The first-order valence-corrected chi connectivity index (χ1v) is 4.70. The van der Waals surface area contributed by atoms with Gasteiger partial charge in [0.25, 0.3) is 0 Å². The van der Waals surface area contributed by atoms with Gasteiger partial charge in [-0.2, -0.15) is 4.98 Å². The number of hydrogen-bond donors (Lipinski definition) is 1. The van der Waals surface area contributed by atoms with Crippen LogP contribution in [0.15, 0.2) is 4.52 Å². The lowest BCUT2D eigenvalue weighted by molar-refractivity contribution is 0.155. The molecule has 0 radical (unpaired) electrons. The van der Waals surface area contributed by atoms with Crippen LogP contribution in [0.3, 0.4) is 0 Å². The summed E-state index contributed by atoms with van der Waals surface area (Å²) >= 11 is 0. The van der Waals surface area contributed by atoms with E-state index in [1.807, 2.05) is 6.92 Å². The number of ether oxygens (including phenoxy) is 1. The fourth-order valence-corrected chi connectivity index (χ4v) is 1.18. The number of aromatic nitrogens is 2. The van der Waals surface area contributed by atoms with Crippen LogP contribution in [-0.2, 0) is 11.2 Å². The van der Waals surface area contributed by atoms with Crippen molar-refractivity contribution in [3.05, 3.63) is 11.7 Å². The van der Waals surface area contributed by atoms with Crippen molar-refractivity contribution in [3.8, 4) is 0 Å². The Bertz CT molecular complexity index is 273. The Kier molecular flexibility index (Phi) is 4.03. The van der Waals surface area contributed by atoms with Crippen LogP contribution in [0.5, 0.6) is 0 Å². The van der Waals surface area contributed by atoms with E-state index in [-0.39, 0.29) is 6.04 Å². The van der Waals surface area contributed by atoms with Crippen molar-refractivity contribution in [2.75, 3.05) is 13.7 Å². The molecular weight excluding hydrogens is 182 g/mol. The van der Waals surface area contributed by atoms with Crippen LogP contribution in [0.25, 0.3) is 0 Å². The average molecular weight is 199 g/mol. The standard InChI is InChI=1S/C9H17N3O2/c1-6(5-13-3)4-8-11-9(7(2)10)12-14-8/h6-7H,4-5,10H2,1-3H3. The van der Waals surface area contributed by atoms with Gasteiger partial charge < -0.3 is 15.0 Å². The summed E-state index contributed by atoms with van der Waals surface area (Å²) in [6.45, 7) is 4.59. The number of nitrogens with zero attached hydrogens (tertiary/aromatic N) is 2. The second kappa shape index (κ2) is 5.07. The van der Waals surface area contributed by atoms with Crippen molar-refractivity contribution in [1.82, 2.24) is 10.1 Å².